The molecule has 0 radical (unpaired) electrons. The first-order valence-corrected chi connectivity index (χ1v) is 9.68. The quantitative estimate of drug-likeness (QED) is 0.719. The van der Waals surface area contributed by atoms with E-state index < -0.39 is 6.03 Å². The van der Waals surface area contributed by atoms with Gasteiger partial charge in [-0.1, -0.05) is 54.9 Å². The van der Waals surface area contributed by atoms with Crippen LogP contribution in [-0.2, 0) is 4.79 Å². The number of rotatable bonds is 6. The highest BCUT2D eigenvalue weighted by atomic mass is 32.2. The van der Waals surface area contributed by atoms with Gasteiger partial charge >= 0.3 is 6.03 Å². The van der Waals surface area contributed by atoms with Gasteiger partial charge in [-0.2, -0.15) is 0 Å². The lowest BCUT2D eigenvalue weighted by atomic mass is 10.2. The number of benzene rings is 2. The molecule has 136 valence electrons. The molecule has 0 aromatic heterocycles. The van der Waals surface area contributed by atoms with Gasteiger partial charge in [-0.3, -0.25) is 10.1 Å². The van der Waals surface area contributed by atoms with Crippen LogP contribution in [0.3, 0.4) is 0 Å². The normalized spacial score (nSPS) is 14.0. The van der Waals surface area contributed by atoms with Crippen molar-refractivity contribution in [2.24, 2.45) is 0 Å². The highest BCUT2D eigenvalue weighted by Gasteiger charge is 2.18. The van der Waals surface area contributed by atoms with Crippen LogP contribution < -0.4 is 16.0 Å². The largest absolute Gasteiger partial charge is 0.375 e. The first kappa shape index (κ1) is 18.3. The SMILES string of the molecule is O=C(CNc1ccccc1Sc1ccccc1)NC(=O)NC1CCCC1. The maximum atomic E-state index is 12.0. The second-order valence-corrected chi connectivity index (χ2v) is 7.38. The fraction of sp³-hybridized carbons (Fsp3) is 0.300. The number of anilines is 1. The summed E-state index contributed by atoms with van der Waals surface area (Å²) in [6.45, 7) is 0.0461. The van der Waals surface area contributed by atoms with Crippen LogP contribution in [-0.4, -0.2) is 24.5 Å². The predicted octanol–water partition coefficient (Wildman–Crippen LogP) is 4.02. The van der Waals surface area contributed by atoms with E-state index in [1.165, 1.54) is 0 Å². The second-order valence-electron chi connectivity index (χ2n) is 6.27. The summed E-state index contributed by atoms with van der Waals surface area (Å²) in [4.78, 5) is 26.0. The fourth-order valence-electron chi connectivity index (χ4n) is 2.96. The number of hydrogen-bond donors (Lipinski definition) is 3. The third-order valence-corrected chi connectivity index (χ3v) is 5.32. The summed E-state index contributed by atoms with van der Waals surface area (Å²) in [5, 5.41) is 8.36. The van der Waals surface area contributed by atoms with Crippen LogP contribution in [0.25, 0.3) is 0 Å². The number of carbonyl (C=O) groups is 2. The number of urea groups is 1. The second kappa shape index (κ2) is 9.29. The first-order valence-electron chi connectivity index (χ1n) is 8.87. The van der Waals surface area contributed by atoms with Crippen molar-refractivity contribution in [3.8, 4) is 0 Å². The van der Waals surface area contributed by atoms with Gasteiger partial charge in [-0.05, 0) is 37.1 Å². The van der Waals surface area contributed by atoms with E-state index in [0.29, 0.717) is 0 Å². The molecule has 1 aliphatic carbocycles. The monoisotopic (exact) mass is 369 g/mol. The van der Waals surface area contributed by atoms with Crippen LogP contribution in [0.5, 0.6) is 0 Å². The van der Waals surface area contributed by atoms with Crippen molar-refractivity contribution < 1.29 is 9.59 Å². The Morgan fingerprint density at radius 1 is 0.962 bits per heavy atom. The van der Waals surface area contributed by atoms with E-state index in [-0.39, 0.29) is 18.5 Å². The molecule has 0 saturated heterocycles. The molecule has 26 heavy (non-hydrogen) atoms. The molecule has 1 aliphatic rings. The van der Waals surface area contributed by atoms with E-state index in [1.807, 2.05) is 54.6 Å². The van der Waals surface area contributed by atoms with Crippen LogP contribution in [0.1, 0.15) is 25.7 Å². The van der Waals surface area contributed by atoms with Crippen molar-refractivity contribution in [1.82, 2.24) is 10.6 Å². The molecule has 1 fully saturated rings. The zero-order valence-corrected chi connectivity index (χ0v) is 15.4. The Balaban J connectivity index is 1.51. The summed E-state index contributed by atoms with van der Waals surface area (Å²) >= 11 is 1.63. The summed E-state index contributed by atoms with van der Waals surface area (Å²) in [7, 11) is 0. The molecular formula is C20H23N3O2S. The van der Waals surface area contributed by atoms with Gasteiger partial charge in [0.05, 0.1) is 6.54 Å². The lowest BCUT2D eigenvalue weighted by molar-refractivity contribution is -0.118. The fourth-order valence-corrected chi connectivity index (χ4v) is 3.90. The zero-order chi connectivity index (χ0) is 18.2. The zero-order valence-electron chi connectivity index (χ0n) is 14.5. The van der Waals surface area contributed by atoms with Gasteiger partial charge in [0.25, 0.3) is 0 Å². The molecule has 0 unspecified atom stereocenters. The predicted molar refractivity (Wildman–Crippen MR) is 104 cm³/mol. The van der Waals surface area contributed by atoms with Crippen LogP contribution in [0.2, 0.25) is 0 Å². The smallest absolute Gasteiger partial charge is 0.321 e. The molecular weight excluding hydrogens is 346 g/mol. The summed E-state index contributed by atoms with van der Waals surface area (Å²) in [5.41, 5.74) is 0.868. The molecule has 3 N–H and O–H groups in total. The highest BCUT2D eigenvalue weighted by Crippen LogP contribution is 2.32. The summed E-state index contributed by atoms with van der Waals surface area (Å²) in [6, 6.07) is 17.7. The molecule has 3 amide bonds. The molecule has 1 saturated carbocycles. The van der Waals surface area contributed by atoms with Gasteiger partial charge in [0.15, 0.2) is 0 Å². The van der Waals surface area contributed by atoms with Crippen molar-refractivity contribution in [2.75, 3.05) is 11.9 Å². The van der Waals surface area contributed by atoms with Gasteiger partial charge in [0.1, 0.15) is 0 Å². The van der Waals surface area contributed by atoms with Crippen LogP contribution in [0.15, 0.2) is 64.4 Å². The maximum Gasteiger partial charge on any atom is 0.321 e. The molecule has 0 atom stereocenters. The Labute approximate surface area is 157 Å². The third kappa shape index (κ3) is 5.52. The van der Waals surface area contributed by atoms with Gasteiger partial charge in [0, 0.05) is 21.5 Å². The summed E-state index contributed by atoms with van der Waals surface area (Å²) in [5.74, 6) is -0.347. The average molecular weight is 369 g/mol. The molecule has 5 nitrogen and oxygen atoms in total. The molecule has 6 heteroatoms. The van der Waals surface area contributed by atoms with E-state index in [4.69, 9.17) is 0 Å². The van der Waals surface area contributed by atoms with E-state index in [9.17, 15) is 9.59 Å². The molecule has 0 heterocycles. The number of hydrogen-bond acceptors (Lipinski definition) is 4. The van der Waals surface area contributed by atoms with Gasteiger partial charge < -0.3 is 10.6 Å². The lowest BCUT2D eigenvalue weighted by Crippen LogP contribution is -2.45. The highest BCUT2D eigenvalue weighted by molar-refractivity contribution is 7.99. The Hall–Kier alpha value is -2.47. The number of para-hydroxylation sites is 1. The minimum absolute atomic E-state index is 0.0461. The molecule has 2 aromatic rings. The Morgan fingerprint density at radius 3 is 2.42 bits per heavy atom. The summed E-state index contributed by atoms with van der Waals surface area (Å²) in [6.07, 6.45) is 4.25. The van der Waals surface area contributed by atoms with Crippen molar-refractivity contribution in [3.63, 3.8) is 0 Å². The van der Waals surface area contributed by atoms with E-state index in [2.05, 4.69) is 16.0 Å². The number of imide groups is 1. The molecule has 0 aliphatic heterocycles. The van der Waals surface area contributed by atoms with Gasteiger partial charge in [0.2, 0.25) is 5.91 Å². The Bertz CT molecular complexity index is 746. The van der Waals surface area contributed by atoms with E-state index >= 15 is 0 Å². The minimum Gasteiger partial charge on any atom is -0.375 e. The topological polar surface area (TPSA) is 70.2 Å². The minimum atomic E-state index is -0.407. The van der Waals surface area contributed by atoms with Gasteiger partial charge in [-0.15, -0.1) is 0 Å². The maximum absolute atomic E-state index is 12.0. The Kier molecular flexibility index (Phi) is 6.55. The molecule has 0 spiro atoms. The summed E-state index contributed by atoms with van der Waals surface area (Å²) < 4.78 is 0. The lowest BCUT2D eigenvalue weighted by Gasteiger charge is -2.14. The first-order chi connectivity index (χ1) is 12.7. The van der Waals surface area contributed by atoms with Crippen molar-refractivity contribution >= 4 is 29.4 Å². The van der Waals surface area contributed by atoms with Crippen molar-refractivity contribution in [3.05, 3.63) is 54.6 Å². The van der Waals surface area contributed by atoms with Crippen LogP contribution in [0, 0.1) is 0 Å². The van der Waals surface area contributed by atoms with Crippen LogP contribution >= 0.6 is 11.8 Å². The van der Waals surface area contributed by atoms with Crippen LogP contribution in [0.4, 0.5) is 10.5 Å². The molecule has 2 aromatic carbocycles. The Morgan fingerprint density at radius 2 is 1.65 bits per heavy atom. The van der Waals surface area contributed by atoms with Crippen molar-refractivity contribution in [2.45, 2.75) is 41.5 Å². The number of nitrogens with one attached hydrogen (secondary N) is 3. The average Bonchev–Trinajstić information content (AvgIpc) is 3.14. The number of amides is 3. The third-order valence-electron chi connectivity index (χ3n) is 4.24. The van der Waals surface area contributed by atoms with Crippen molar-refractivity contribution in [1.29, 1.82) is 0 Å². The van der Waals surface area contributed by atoms with E-state index in [1.54, 1.807) is 11.8 Å². The number of carbonyl (C=O) groups excluding carboxylic acids is 2. The molecule has 3 rings (SSSR count). The standard InChI is InChI=1S/C20H23N3O2S/c24-19(23-20(25)22-15-8-4-5-9-15)14-21-17-12-6-7-13-18(17)26-16-10-2-1-3-11-16/h1-3,6-7,10-13,15,21H,4-5,8-9,14H2,(H2,22,23,24,25). The van der Waals surface area contributed by atoms with Gasteiger partial charge in [-0.25, -0.2) is 4.79 Å². The molecule has 0 bridgehead atoms. The van der Waals surface area contributed by atoms with E-state index in [0.717, 1.165) is 41.2 Å².